The molecule has 3 aliphatic heterocycles. The van der Waals surface area contributed by atoms with Crippen molar-refractivity contribution < 1.29 is 9.13 Å². The molecule has 31 heavy (non-hydrogen) atoms. The van der Waals surface area contributed by atoms with E-state index < -0.39 is 6.17 Å². The van der Waals surface area contributed by atoms with Gasteiger partial charge in [-0.25, -0.2) is 14.4 Å². The monoisotopic (exact) mass is 443 g/mol. The van der Waals surface area contributed by atoms with Gasteiger partial charge in [-0.15, -0.1) is 0 Å². The number of piperidine rings is 1. The van der Waals surface area contributed by atoms with Crippen molar-refractivity contribution in [1.29, 1.82) is 0 Å². The number of rotatable bonds is 5. The van der Waals surface area contributed by atoms with Gasteiger partial charge in [0.25, 0.3) is 0 Å². The first-order chi connectivity index (χ1) is 15.1. The van der Waals surface area contributed by atoms with Gasteiger partial charge in [-0.1, -0.05) is 11.8 Å². The topological polar surface area (TPSA) is 54.4 Å². The molecule has 0 amide bonds. The molecule has 0 N–H and O–H groups in total. The number of aromatic nitrogens is 3. The van der Waals surface area contributed by atoms with Crippen molar-refractivity contribution in [2.24, 2.45) is 11.8 Å². The molecule has 1 saturated carbocycles. The zero-order chi connectivity index (χ0) is 21.0. The average molecular weight is 444 g/mol. The standard InChI is InChI=1S/C23H30FN5OS/c1-31-22-25-10-18-19(26-22)8-20(27-21(18)28-11-15-3-4-16(7-15)12-28)30-14-23-5-2-6-29(23)13-17(24)9-23/h8,10,15-17H,2-7,9,11-14H2,1H3/t15?,16?,17-,23+/m1/s1. The van der Waals surface area contributed by atoms with Crippen LogP contribution >= 0.6 is 11.8 Å². The molecule has 4 fully saturated rings. The Kier molecular flexibility index (Phi) is 4.98. The third-order valence-electron chi connectivity index (χ3n) is 7.85. The molecule has 0 aromatic carbocycles. The van der Waals surface area contributed by atoms with Crippen LogP contribution in [-0.2, 0) is 0 Å². The normalized spacial score (nSPS) is 32.7. The quantitative estimate of drug-likeness (QED) is 0.512. The molecule has 6 rings (SSSR count). The minimum Gasteiger partial charge on any atom is -0.476 e. The SMILES string of the molecule is CSc1ncc2c(N3CC4CCC(C4)C3)nc(OC[C@@]34CCCN3C[C@H](F)C4)cc2n1. The molecule has 0 spiro atoms. The summed E-state index contributed by atoms with van der Waals surface area (Å²) in [5.41, 5.74) is 0.712. The predicted octanol–water partition coefficient (Wildman–Crippen LogP) is 3.94. The highest BCUT2D eigenvalue weighted by Gasteiger charge is 2.49. The second-order valence-corrected chi connectivity index (χ2v) is 10.7. The van der Waals surface area contributed by atoms with E-state index in [1.807, 2.05) is 18.5 Å². The zero-order valence-corrected chi connectivity index (χ0v) is 18.9. The van der Waals surface area contributed by atoms with Crippen LogP contribution in [0.5, 0.6) is 5.88 Å². The first-order valence-corrected chi connectivity index (χ1v) is 12.8. The minimum absolute atomic E-state index is 0.170. The van der Waals surface area contributed by atoms with Crippen LogP contribution in [-0.4, -0.2) is 70.6 Å². The van der Waals surface area contributed by atoms with Gasteiger partial charge in [0, 0.05) is 38.3 Å². The number of nitrogens with zero attached hydrogens (tertiary/aromatic N) is 5. The number of pyridine rings is 1. The number of halogens is 1. The van der Waals surface area contributed by atoms with Gasteiger partial charge in [0.2, 0.25) is 5.88 Å². The van der Waals surface area contributed by atoms with Gasteiger partial charge in [-0.05, 0) is 56.7 Å². The molecule has 2 aromatic rings. The molecule has 0 radical (unpaired) electrons. The fourth-order valence-electron chi connectivity index (χ4n) is 6.43. The molecular weight excluding hydrogens is 413 g/mol. The van der Waals surface area contributed by atoms with Gasteiger partial charge in [-0.2, -0.15) is 4.98 Å². The lowest BCUT2D eigenvalue weighted by Crippen LogP contribution is -2.43. The van der Waals surface area contributed by atoms with E-state index in [-0.39, 0.29) is 5.54 Å². The summed E-state index contributed by atoms with van der Waals surface area (Å²) in [5, 5.41) is 1.75. The van der Waals surface area contributed by atoms with Gasteiger partial charge in [0.15, 0.2) is 5.16 Å². The lowest BCUT2D eigenvalue weighted by Gasteiger charge is -2.34. The van der Waals surface area contributed by atoms with Gasteiger partial charge in [-0.3, -0.25) is 4.90 Å². The van der Waals surface area contributed by atoms with Crippen molar-refractivity contribution in [1.82, 2.24) is 19.9 Å². The predicted molar refractivity (Wildman–Crippen MR) is 121 cm³/mol. The maximum Gasteiger partial charge on any atom is 0.217 e. The maximum absolute atomic E-state index is 14.2. The van der Waals surface area contributed by atoms with Gasteiger partial charge >= 0.3 is 0 Å². The van der Waals surface area contributed by atoms with E-state index in [0.717, 1.165) is 66.2 Å². The summed E-state index contributed by atoms with van der Waals surface area (Å²) in [6, 6.07) is 1.94. The highest BCUT2D eigenvalue weighted by atomic mass is 32.2. The number of hydrogen-bond donors (Lipinski definition) is 0. The van der Waals surface area contributed by atoms with E-state index >= 15 is 0 Å². The number of anilines is 1. The Morgan fingerprint density at radius 1 is 1.23 bits per heavy atom. The Bertz CT molecular complexity index is 980. The smallest absolute Gasteiger partial charge is 0.217 e. The molecule has 4 aliphatic rings. The van der Waals surface area contributed by atoms with Crippen LogP contribution in [0.15, 0.2) is 17.4 Å². The van der Waals surface area contributed by atoms with E-state index in [2.05, 4.69) is 14.8 Å². The molecule has 2 bridgehead atoms. The first-order valence-electron chi connectivity index (χ1n) is 11.6. The van der Waals surface area contributed by atoms with E-state index in [1.54, 1.807) is 11.8 Å². The van der Waals surface area contributed by atoms with Gasteiger partial charge in [0.1, 0.15) is 18.6 Å². The van der Waals surface area contributed by atoms with Gasteiger partial charge < -0.3 is 9.64 Å². The number of alkyl halides is 1. The Balaban J connectivity index is 1.33. The Morgan fingerprint density at radius 3 is 2.87 bits per heavy atom. The van der Waals surface area contributed by atoms with Gasteiger partial charge in [0.05, 0.1) is 16.4 Å². The van der Waals surface area contributed by atoms with Crippen molar-refractivity contribution >= 4 is 28.5 Å². The summed E-state index contributed by atoms with van der Waals surface area (Å²) >= 11 is 1.54. The van der Waals surface area contributed by atoms with Crippen LogP contribution in [0.3, 0.4) is 0 Å². The number of thioether (sulfide) groups is 1. The second kappa shape index (κ2) is 7.73. The van der Waals surface area contributed by atoms with E-state index in [9.17, 15) is 4.39 Å². The molecule has 1 aliphatic carbocycles. The summed E-state index contributed by atoms with van der Waals surface area (Å²) < 4.78 is 20.5. The van der Waals surface area contributed by atoms with E-state index in [1.165, 1.54) is 19.3 Å². The molecular formula is C23H30FN5OS. The number of fused-ring (bicyclic) bond motifs is 4. The molecule has 166 valence electrons. The highest BCUT2D eigenvalue weighted by molar-refractivity contribution is 7.98. The fraction of sp³-hybridized carbons (Fsp3) is 0.696. The summed E-state index contributed by atoms with van der Waals surface area (Å²) in [6.45, 7) is 4.11. The van der Waals surface area contributed by atoms with Crippen LogP contribution in [0.25, 0.3) is 10.9 Å². The van der Waals surface area contributed by atoms with Crippen molar-refractivity contribution in [3.05, 3.63) is 12.3 Å². The first kappa shape index (κ1) is 20.0. The third-order valence-corrected chi connectivity index (χ3v) is 8.41. The molecule has 6 nitrogen and oxygen atoms in total. The highest BCUT2D eigenvalue weighted by Crippen LogP contribution is 2.42. The molecule has 4 atom stereocenters. The maximum atomic E-state index is 14.2. The number of ether oxygens (including phenoxy) is 1. The van der Waals surface area contributed by atoms with Crippen LogP contribution in [0.2, 0.25) is 0 Å². The summed E-state index contributed by atoms with van der Waals surface area (Å²) in [6.07, 6.45) is 9.85. The fourth-order valence-corrected chi connectivity index (χ4v) is 6.77. The molecule has 8 heteroatoms. The van der Waals surface area contributed by atoms with Crippen LogP contribution in [0, 0.1) is 11.8 Å². The molecule has 3 saturated heterocycles. The molecule has 2 unspecified atom stereocenters. The van der Waals surface area contributed by atoms with Crippen molar-refractivity contribution in [3.8, 4) is 5.88 Å². The second-order valence-electron chi connectivity index (χ2n) is 9.89. The van der Waals surface area contributed by atoms with Crippen molar-refractivity contribution in [2.45, 2.75) is 55.4 Å². The van der Waals surface area contributed by atoms with Crippen LogP contribution < -0.4 is 9.64 Å². The lowest BCUT2D eigenvalue weighted by atomic mass is 9.95. The summed E-state index contributed by atoms with van der Waals surface area (Å²) in [7, 11) is 0. The zero-order valence-electron chi connectivity index (χ0n) is 18.1. The van der Waals surface area contributed by atoms with E-state index in [0.29, 0.717) is 25.5 Å². The van der Waals surface area contributed by atoms with Crippen LogP contribution in [0.4, 0.5) is 10.2 Å². The largest absolute Gasteiger partial charge is 0.476 e. The van der Waals surface area contributed by atoms with Crippen molar-refractivity contribution in [2.75, 3.05) is 43.9 Å². The average Bonchev–Trinajstić information content (AvgIpc) is 3.42. The summed E-state index contributed by atoms with van der Waals surface area (Å²) in [4.78, 5) is 19.0. The lowest BCUT2D eigenvalue weighted by molar-refractivity contribution is 0.111. The molecule has 2 aromatic heterocycles. The third kappa shape index (κ3) is 3.55. The Labute approximate surface area is 187 Å². The summed E-state index contributed by atoms with van der Waals surface area (Å²) in [5.74, 6) is 3.08. The minimum atomic E-state index is -0.746. The number of hydrogen-bond acceptors (Lipinski definition) is 7. The molecule has 5 heterocycles. The Morgan fingerprint density at radius 2 is 2.06 bits per heavy atom. The van der Waals surface area contributed by atoms with Crippen LogP contribution in [0.1, 0.15) is 38.5 Å². The Hall–Kier alpha value is -1.67. The van der Waals surface area contributed by atoms with E-state index in [4.69, 9.17) is 14.7 Å². The van der Waals surface area contributed by atoms with Crippen molar-refractivity contribution in [3.63, 3.8) is 0 Å².